The van der Waals surface area contributed by atoms with Gasteiger partial charge in [-0.25, -0.2) is 0 Å². The zero-order valence-electron chi connectivity index (χ0n) is 15.2. The quantitative estimate of drug-likeness (QED) is 0.873. The van der Waals surface area contributed by atoms with Crippen LogP contribution in [-0.4, -0.2) is 40.8 Å². The number of piperidine rings is 1. The molecule has 0 bridgehead atoms. The molecule has 2 aliphatic heterocycles. The molecule has 27 heavy (non-hydrogen) atoms. The molecule has 2 aliphatic rings. The predicted molar refractivity (Wildman–Crippen MR) is 103 cm³/mol. The average molecular weight is 364 g/mol. The minimum Gasteiger partial charge on any atom is -0.353 e. The number of carbonyl (C=O) groups is 2. The van der Waals surface area contributed by atoms with Crippen molar-refractivity contribution in [2.75, 3.05) is 18.4 Å². The van der Waals surface area contributed by atoms with E-state index in [9.17, 15) is 9.59 Å². The number of hydrogen-bond acceptors (Lipinski definition) is 4. The van der Waals surface area contributed by atoms with Gasteiger partial charge >= 0.3 is 0 Å². The summed E-state index contributed by atoms with van der Waals surface area (Å²) < 4.78 is 0. The van der Waals surface area contributed by atoms with Crippen molar-refractivity contribution in [2.24, 2.45) is 0 Å². The summed E-state index contributed by atoms with van der Waals surface area (Å²) in [6.45, 7) is 2.71. The Labute approximate surface area is 159 Å². The first-order chi connectivity index (χ1) is 13.2. The highest BCUT2D eigenvalue weighted by molar-refractivity contribution is 6.01. The molecule has 1 unspecified atom stereocenters. The smallest absolute Gasteiger partial charge is 0.228 e. The Bertz CT molecular complexity index is 816. The maximum absolute atomic E-state index is 12.8. The molecule has 1 aromatic carbocycles. The highest BCUT2D eigenvalue weighted by atomic mass is 16.2. The number of anilines is 1. The topological polar surface area (TPSA) is 74.3 Å². The number of hydrogen-bond donors (Lipinski definition) is 2. The van der Waals surface area contributed by atoms with Crippen LogP contribution in [0.25, 0.3) is 0 Å². The van der Waals surface area contributed by atoms with E-state index in [-0.39, 0.29) is 24.3 Å². The van der Waals surface area contributed by atoms with Crippen LogP contribution in [0.1, 0.15) is 36.4 Å². The van der Waals surface area contributed by atoms with Gasteiger partial charge in [-0.1, -0.05) is 24.3 Å². The van der Waals surface area contributed by atoms with Crippen LogP contribution >= 0.6 is 0 Å². The van der Waals surface area contributed by atoms with E-state index in [4.69, 9.17) is 0 Å². The van der Waals surface area contributed by atoms with E-state index in [1.165, 1.54) is 0 Å². The Balaban J connectivity index is 1.33. The van der Waals surface area contributed by atoms with Gasteiger partial charge in [0.2, 0.25) is 11.8 Å². The lowest BCUT2D eigenvalue weighted by Gasteiger charge is -2.33. The summed E-state index contributed by atoms with van der Waals surface area (Å²) in [4.78, 5) is 31.5. The molecule has 2 aromatic rings. The summed E-state index contributed by atoms with van der Waals surface area (Å²) in [6.07, 6.45) is 3.86. The van der Waals surface area contributed by atoms with Crippen molar-refractivity contribution in [3.63, 3.8) is 0 Å². The number of benzene rings is 1. The molecule has 2 amide bonds. The van der Waals surface area contributed by atoms with E-state index in [0.717, 1.165) is 49.4 Å². The van der Waals surface area contributed by atoms with Gasteiger partial charge in [0.15, 0.2) is 0 Å². The average Bonchev–Trinajstić information content (AvgIpc) is 2.69. The van der Waals surface area contributed by atoms with Gasteiger partial charge < -0.3 is 10.6 Å². The van der Waals surface area contributed by atoms with E-state index in [1.54, 1.807) is 0 Å². The van der Waals surface area contributed by atoms with Crippen LogP contribution in [0.4, 0.5) is 5.69 Å². The highest BCUT2D eigenvalue weighted by Gasteiger charge is 2.32. The van der Waals surface area contributed by atoms with Crippen molar-refractivity contribution in [2.45, 2.75) is 37.8 Å². The molecule has 1 fully saturated rings. The van der Waals surface area contributed by atoms with E-state index in [1.807, 2.05) is 48.7 Å². The van der Waals surface area contributed by atoms with Crippen molar-refractivity contribution in [3.8, 4) is 0 Å². The van der Waals surface area contributed by atoms with Gasteiger partial charge in [0.1, 0.15) is 0 Å². The lowest BCUT2D eigenvalue weighted by atomic mass is 9.89. The fraction of sp³-hybridized carbons (Fsp3) is 0.381. The maximum atomic E-state index is 12.8. The molecule has 1 aromatic heterocycles. The molecule has 2 N–H and O–H groups in total. The van der Waals surface area contributed by atoms with Crippen LogP contribution in [0, 0.1) is 0 Å². The van der Waals surface area contributed by atoms with Gasteiger partial charge in [-0.3, -0.25) is 19.5 Å². The van der Waals surface area contributed by atoms with Gasteiger partial charge in [-0.15, -0.1) is 0 Å². The third-order valence-corrected chi connectivity index (χ3v) is 5.36. The zero-order valence-corrected chi connectivity index (χ0v) is 15.2. The number of nitrogens with one attached hydrogen (secondary N) is 2. The Morgan fingerprint density at radius 2 is 1.93 bits per heavy atom. The zero-order chi connectivity index (χ0) is 18.6. The Morgan fingerprint density at radius 1 is 1.15 bits per heavy atom. The van der Waals surface area contributed by atoms with Crippen LogP contribution in [0.2, 0.25) is 0 Å². The SMILES string of the molecule is O=C1CC(C(=O)NC2CCN(Cc3ccccn3)CC2)c2ccccc2N1. The number of nitrogens with zero attached hydrogens (tertiary/aromatic N) is 2. The number of pyridine rings is 1. The molecule has 0 radical (unpaired) electrons. The number of carbonyl (C=O) groups excluding carboxylic acids is 2. The van der Waals surface area contributed by atoms with Gasteiger partial charge in [-0.05, 0) is 36.6 Å². The molecule has 0 aliphatic carbocycles. The van der Waals surface area contributed by atoms with Crippen molar-refractivity contribution in [1.82, 2.24) is 15.2 Å². The highest BCUT2D eigenvalue weighted by Crippen LogP contribution is 2.32. The van der Waals surface area contributed by atoms with E-state index >= 15 is 0 Å². The Kier molecular flexibility index (Phi) is 5.16. The monoisotopic (exact) mass is 364 g/mol. The molecule has 0 spiro atoms. The number of likely N-dealkylation sites (tertiary alicyclic amines) is 1. The van der Waals surface area contributed by atoms with Crippen LogP contribution in [0.5, 0.6) is 0 Å². The summed E-state index contributed by atoms with van der Waals surface area (Å²) in [6, 6.07) is 13.7. The normalized spacial score (nSPS) is 20.6. The van der Waals surface area contributed by atoms with E-state index in [0.29, 0.717) is 0 Å². The van der Waals surface area contributed by atoms with Crippen LogP contribution in [0.15, 0.2) is 48.7 Å². The first kappa shape index (κ1) is 17.7. The first-order valence-corrected chi connectivity index (χ1v) is 9.50. The Morgan fingerprint density at radius 3 is 2.70 bits per heavy atom. The third kappa shape index (κ3) is 4.17. The lowest BCUT2D eigenvalue weighted by Crippen LogP contribution is -2.46. The minimum atomic E-state index is -0.401. The molecular formula is C21H24N4O2. The van der Waals surface area contributed by atoms with E-state index in [2.05, 4.69) is 20.5 Å². The molecule has 0 saturated carbocycles. The van der Waals surface area contributed by atoms with Gasteiger partial charge in [0.25, 0.3) is 0 Å². The molecule has 4 rings (SSSR count). The second-order valence-corrected chi connectivity index (χ2v) is 7.27. The molecule has 6 heteroatoms. The predicted octanol–water partition coefficient (Wildman–Crippen LogP) is 2.29. The summed E-state index contributed by atoms with van der Waals surface area (Å²) in [5.41, 5.74) is 2.73. The minimum absolute atomic E-state index is 0.0412. The van der Waals surface area contributed by atoms with E-state index < -0.39 is 5.92 Å². The number of rotatable bonds is 4. The first-order valence-electron chi connectivity index (χ1n) is 9.50. The Hall–Kier alpha value is -2.73. The summed E-state index contributed by atoms with van der Waals surface area (Å²) in [7, 11) is 0. The standard InChI is InChI=1S/C21H24N4O2/c26-20-13-18(17-6-1-2-7-19(17)24-20)21(27)23-15-8-11-25(12-9-15)14-16-5-3-4-10-22-16/h1-7,10,15,18H,8-9,11-14H2,(H,23,27)(H,24,26). The summed E-state index contributed by atoms with van der Waals surface area (Å²) in [5.74, 6) is -0.541. The molecule has 140 valence electrons. The van der Waals surface area contributed by atoms with Gasteiger partial charge in [0, 0.05) is 44.0 Å². The number of para-hydroxylation sites is 1. The fourth-order valence-electron chi connectivity index (χ4n) is 3.90. The number of aromatic nitrogens is 1. The molecule has 1 atom stereocenters. The maximum Gasteiger partial charge on any atom is 0.228 e. The summed E-state index contributed by atoms with van der Waals surface area (Å²) in [5, 5.41) is 6.02. The van der Waals surface area contributed by atoms with Crippen LogP contribution in [0.3, 0.4) is 0 Å². The molecule has 3 heterocycles. The van der Waals surface area contributed by atoms with Crippen molar-refractivity contribution in [1.29, 1.82) is 0 Å². The van der Waals surface area contributed by atoms with Crippen molar-refractivity contribution < 1.29 is 9.59 Å². The van der Waals surface area contributed by atoms with Gasteiger partial charge in [0.05, 0.1) is 11.6 Å². The second-order valence-electron chi connectivity index (χ2n) is 7.27. The third-order valence-electron chi connectivity index (χ3n) is 5.36. The lowest BCUT2D eigenvalue weighted by molar-refractivity contribution is -0.127. The molecule has 6 nitrogen and oxygen atoms in total. The fourth-order valence-corrected chi connectivity index (χ4v) is 3.90. The van der Waals surface area contributed by atoms with Gasteiger partial charge in [-0.2, -0.15) is 0 Å². The largest absolute Gasteiger partial charge is 0.353 e. The number of fused-ring (bicyclic) bond motifs is 1. The molecular weight excluding hydrogens is 340 g/mol. The molecule has 1 saturated heterocycles. The van der Waals surface area contributed by atoms with Crippen LogP contribution < -0.4 is 10.6 Å². The number of amides is 2. The van der Waals surface area contributed by atoms with Crippen LogP contribution in [-0.2, 0) is 16.1 Å². The summed E-state index contributed by atoms with van der Waals surface area (Å²) >= 11 is 0. The second kappa shape index (κ2) is 7.88. The van der Waals surface area contributed by atoms with Crippen molar-refractivity contribution in [3.05, 3.63) is 59.9 Å². The van der Waals surface area contributed by atoms with Crippen molar-refractivity contribution >= 4 is 17.5 Å².